The molecule has 0 fully saturated rings. The Bertz CT molecular complexity index is 705. The van der Waals surface area contributed by atoms with Gasteiger partial charge < -0.3 is 5.43 Å². The van der Waals surface area contributed by atoms with Gasteiger partial charge in [0.2, 0.25) is 0 Å². The van der Waals surface area contributed by atoms with Crippen LogP contribution < -0.4 is 11.3 Å². The highest BCUT2D eigenvalue weighted by Crippen LogP contribution is 2.26. The number of aromatic nitrogens is 5. The van der Waals surface area contributed by atoms with Crippen molar-refractivity contribution in [2.75, 3.05) is 5.43 Å². The lowest BCUT2D eigenvalue weighted by Crippen LogP contribution is -2.10. The molecular formula is C10H11N7S2. The number of nitrogens with two attached hydrogens (primary N) is 1. The summed E-state index contributed by atoms with van der Waals surface area (Å²) in [6.45, 7) is 0. The number of aryl methyl sites for hydroxylation is 1. The Balaban J connectivity index is 1.86. The Hall–Kier alpha value is -1.71. The van der Waals surface area contributed by atoms with E-state index in [2.05, 4.69) is 25.5 Å². The predicted molar refractivity (Wildman–Crippen MR) is 75.8 cm³/mol. The van der Waals surface area contributed by atoms with E-state index in [1.807, 2.05) is 18.5 Å². The molecule has 0 saturated carbocycles. The largest absolute Gasteiger partial charge is 0.308 e. The Labute approximate surface area is 117 Å². The normalized spacial score (nSPS) is 11.1. The highest BCUT2D eigenvalue weighted by Gasteiger charge is 2.09. The molecule has 0 radical (unpaired) electrons. The van der Waals surface area contributed by atoms with E-state index >= 15 is 0 Å². The third-order valence-corrected chi connectivity index (χ3v) is 4.35. The first-order chi connectivity index (χ1) is 9.28. The zero-order valence-corrected chi connectivity index (χ0v) is 11.7. The molecule has 3 heterocycles. The molecule has 0 spiro atoms. The summed E-state index contributed by atoms with van der Waals surface area (Å²) in [4.78, 5) is 14.0. The minimum Gasteiger partial charge on any atom is -0.308 e. The van der Waals surface area contributed by atoms with Crippen LogP contribution in [0.4, 0.5) is 5.82 Å². The maximum absolute atomic E-state index is 5.49. The number of nitrogen functional groups attached to an aromatic ring is 1. The standard InChI is InChI=1S/C10H11N7S2/c1-17-10(12-5-13-17)19-4-7-14-8(16-11)6-2-3-18-9(6)15-7/h2-3,5H,4,11H2,1H3,(H,14,15,16). The van der Waals surface area contributed by atoms with Gasteiger partial charge in [0, 0.05) is 7.05 Å². The lowest BCUT2D eigenvalue weighted by atomic mass is 10.4. The Morgan fingerprint density at radius 1 is 1.47 bits per heavy atom. The number of hydrogen-bond donors (Lipinski definition) is 2. The number of rotatable bonds is 4. The van der Waals surface area contributed by atoms with E-state index in [1.165, 1.54) is 18.1 Å². The van der Waals surface area contributed by atoms with E-state index in [-0.39, 0.29) is 0 Å². The summed E-state index contributed by atoms with van der Waals surface area (Å²) in [5.41, 5.74) is 2.61. The van der Waals surface area contributed by atoms with Gasteiger partial charge in [-0.3, -0.25) is 0 Å². The van der Waals surface area contributed by atoms with Gasteiger partial charge in [-0.2, -0.15) is 5.10 Å². The summed E-state index contributed by atoms with van der Waals surface area (Å²) in [5.74, 6) is 7.48. The van der Waals surface area contributed by atoms with Gasteiger partial charge in [0.05, 0.1) is 11.1 Å². The van der Waals surface area contributed by atoms with Gasteiger partial charge in [-0.15, -0.1) is 11.3 Å². The lowest BCUT2D eigenvalue weighted by Gasteiger charge is -2.04. The topological polar surface area (TPSA) is 94.5 Å². The van der Waals surface area contributed by atoms with E-state index in [0.717, 1.165) is 21.2 Å². The Morgan fingerprint density at radius 2 is 2.37 bits per heavy atom. The first-order valence-electron chi connectivity index (χ1n) is 5.45. The van der Waals surface area contributed by atoms with E-state index < -0.39 is 0 Å². The van der Waals surface area contributed by atoms with E-state index in [0.29, 0.717) is 11.6 Å². The molecule has 0 atom stereocenters. The zero-order valence-electron chi connectivity index (χ0n) is 10.1. The maximum atomic E-state index is 5.49. The minimum atomic E-state index is 0.620. The maximum Gasteiger partial charge on any atom is 0.186 e. The number of nitrogens with one attached hydrogen (secondary N) is 1. The van der Waals surface area contributed by atoms with Gasteiger partial charge in [-0.05, 0) is 11.4 Å². The van der Waals surface area contributed by atoms with Crippen LogP contribution in [0.25, 0.3) is 10.2 Å². The second-order valence-electron chi connectivity index (χ2n) is 3.73. The fraction of sp³-hybridized carbons (Fsp3) is 0.200. The third-order valence-electron chi connectivity index (χ3n) is 2.51. The monoisotopic (exact) mass is 293 g/mol. The van der Waals surface area contributed by atoms with Crippen molar-refractivity contribution in [2.45, 2.75) is 10.9 Å². The molecule has 0 aliphatic carbocycles. The molecule has 19 heavy (non-hydrogen) atoms. The molecule has 0 unspecified atom stereocenters. The smallest absolute Gasteiger partial charge is 0.186 e. The fourth-order valence-corrected chi connectivity index (χ4v) is 3.15. The summed E-state index contributed by atoms with van der Waals surface area (Å²) in [5, 5.41) is 7.76. The Kier molecular flexibility index (Phi) is 3.32. The van der Waals surface area contributed by atoms with Crippen molar-refractivity contribution in [3.8, 4) is 0 Å². The second kappa shape index (κ2) is 5.11. The molecule has 7 nitrogen and oxygen atoms in total. The van der Waals surface area contributed by atoms with Crippen LogP contribution in [-0.2, 0) is 12.8 Å². The van der Waals surface area contributed by atoms with Gasteiger partial charge in [0.25, 0.3) is 0 Å². The molecule has 0 saturated heterocycles. The SMILES string of the molecule is Cn1ncnc1SCc1nc(NN)c2ccsc2n1. The number of hydrazine groups is 1. The number of hydrogen-bond acceptors (Lipinski definition) is 8. The fourth-order valence-electron chi connectivity index (χ4n) is 1.62. The molecular weight excluding hydrogens is 282 g/mol. The van der Waals surface area contributed by atoms with Crippen molar-refractivity contribution < 1.29 is 0 Å². The van der Waals surface area contributed by atoms with Crippen LogP contribution in [0, 0.1) is 0 Å². The van der Waals surface area contributed by atoms with E-state index in [4.69, 9.17) is 5.84 Å². The average Bonchev–Trinajstić information content (AvgIpc) is 3.04. The van der Waals surface area contributed by atoms with E-state index in [1.54, 1.807) is 16.0 Å². The Morgan fingerprint density at radius 3 is 3.11 bits per heavy atom. The van der Waals surface area contributed by atoms with Crippen LogP contribution in [0.3, 0.4) is 0 Å². The second-order valence-corrected chi connectivity index (χ2v) is 5.56. The zero-order chi connectivity index (χ0) is 13.2. The quantitative estimate of drug-likeness (QED) is 0.426. The summed E-state index contributed by atoms with van der Waals surface area (Å²) in [6.07, 6.45) is 1.53. The molecule has 3 rings (SSSR count). The molecule has 98 valence electrons. The van der Waals surface area contributed by atoms with Crippen LogP contribution in [0.5, 0.6) is 0 Å². The van der Waals surface area contributed by atoms with Crippen LogP contribution in [0.2, 0.25) is 0 Å². The van der Waals surface area contributed by atoms with Crippen molar-refractivity contribution in [1.29, 1.82) is 0 Å². The van der Waals surface area contributed by atoms with Crippen LogP contribution >= 0.6 is 23.1 Å². The molecule has 3 N–H and O–H groups in total. The highest BCUT2D eigenvalue weighted by atomic mass is 32.2. The van der Waals surface area contributed by atoms with Crippen molar-refractivity contribution in [3.63, 3.8) is 0 Å². The molecule has 0 aromatic carbocycles. The van der Waals surface area contributed by atoms with Crippen molar-refractivity contribution in [1.82, 2.24) is 24.7 Å². The number of thioether (sulfide) groups is 1. The summed E-state index contributed by atoms with van der Waals surface area (Å²) >= 11 is 3.11. The van der Waals surface area contributed by atoms with Crippen molar-refractivity contribution >= 4 is 39.1 Å². The van der Waals surface area contributed by atoms with E-state index in [9.17, 15) is 0 Å². The molecule has 0 aliphatic rings. The molecule has 0 amide bonds. The van der Waals surface area contributed by atoms with Gasteiger partial charge in [-0.25, -0.2) is 25.5 Å². The summed E-state index contributed by atoms with van der Waals surface area (Å²) in [7, 11) is 1.85. The number of thiophene rings is 1. The van der Waals surface area contributed by atoms with Crippen molar-refractivity contribution in [3.05, 3.63) is 23.6 Å². The lowest BCUT2D eigenvalue weighted by molar-refractivity contribution is 0.685. The van der Waals surface area contributed by atoms with Gasteiger partial charge in [-0.1, -0.05) is 11.8 Å². The molecule has 3 aromatic heterocycles. The molecule has 0 aliphatic heterocycles. The predicted octanol–water partition coefficient (Wildman–Crippen LogP) is 1.40. The van der Waals surface area contributed by atoms with Gasteiger partial charge >= 0.3 is 0 Å². The third kappa shape index (κ3) is 2.39. The minimum absolute atomic E-state index is 0.620. The van der Waals surface area contributed by atoms with Crippen molar-refractivity contribution in [2.24, 2.45) is 12.9 Å². The number of anilines is 1. The summed E-state index contributed by atoms with van der Waals surface area (Å²) in [6, 6.07) is 1.95. The first kappa shape index (κ1) is 12.3. The molecule has 9 heteroatoms. The van der Waals surface area contributed by atoms with Gasteiger partial charge in [0.1, 0.15) is 17.0 Å². The highest BCUT2D eigenvalue weighted by molar-refractivity contribution is 7.98. The number of fused-ring (bicyclic) bond motifs is 1. The summed E-state index contributed by atoms with van der Waals surface area (Å²) < 4.78 is 1.72. The first-order valence-corrected chi connectivity index (χ1v) is 7.32. The van der Waals surface area contributed by atoms with Crippen LogP contribution in [-0.4, -0.2) is 24.7 Å². The molecule has 0 bridgehead atoms. The average molecular weight is 293 g/mol. The van der Waals surface area contributed by atoms with Crippen LogP contribution in [0.1, 0.15) is 5.82 Å². The van der Waals surface area contributed by atoms with Crippen LogP contribution in [0.15, 0.2) is 22.9 Å². The molecule has 3 aromatic rings. The number of nitrogens with zero attached hydrogens (tertiary/aromatic N) is 5. The van der Waals surface area contributed by atoms with Gasteiger partial charge in [0.15, 0.2) is 11.0 Å².